The Kier molecular flexibility index (Phi) is 15.8. The topological polar surface area (TPSA) is 39.4 Å². The molecule has 3 heterocycles. The molecule has 588 valence electrons. The molecule has 0 amide bonds. The predicted molar refractivity (Wildman–Crippen MR) is 505 cm³/mol. The molecule has 0 saturated carbocycles. The lowest BCUT2D eigenvalue weighted by atomic mass is 9.79. The number of hydrogen-bond donors (Lipinski definition) is 0. The number of hydrogen-bond acceptors (Lipinski definition) is 3. The van der Waals surface area contributed by atoms with Gasteiger partial charge in [0, 0.05) is 70.4 Å². The van der Waals surface area contributed by atoms with E-state index >= 15 is 0 Å². The summed E-state index contributed by atoms with van der Waals surface area (Å²) in [5, 5.41) is 7.04. The molecule has 6 aliphatic rings. The highest BCUT2D eigenvalue weighted by Gasteiger charge is 2.46. The van der Waals surface area contributed by atoms with Gasteiger partial charge in [0.2, 0.25) is 0 Å². The van der Waals surface area contributed by atoms with Gasteiger partial charge in [-0.05, 0) is 293 Å². The van der Waals surface area contributed by atoms with Gasteiger partial charge < -0.3 is 13.3 Å². The zero-order valence-corrected chi connectivity index (χ0v) is 72.4. The van der Waals surface area contributed by atoms with E-state index in [2.05, 4.69) is 367 Å². The van der Waals surface area contributed by atoms with Crippen LogP contribution in [-0.4, -0.2) is 0 Å². The van der Waals surface area contributed by atoms with Crippen LogP contribution < -0.4 is 0 Å². The molecule has 3 heteroatoms. The highest BCUT2D eigenvalue weighted by molar-refractivity contribution is 6.11. The zero-order chi connectivity index (χ0) is 82.7. The van der Waals surface area contributed by atoms with E-state index in [1.54, 1.807) is 0 Å². The van der Waals surface area contributed by atoms with Crippen molar-refractivity contribution in [2.75, 3.05) is 0 Å². The van der Waals surface area contributed by atoms with Crippen LogP contribution in [0.25, 0.3) is 166 Å². The number of benzene rings is 15. The molecule has 0 unspecified atom stereocenters. The van der Waals surface area contributed by atoms with Crippen molar-refractivity contribution in [1.82, 2.24) is 0 Å². The van der Waals surface area contributed by atoms with E-state index in [1.165, 1.54) is 210 Å². The zero-order valence-electron chi connectivity index (χ0n) is 72.4. The minimum absolute atomic E-state index is 0.0137. The quantitative estimate of drug-likeness (QED) is 0.167. The van der Waals surface area contributed by atoms with Crippen LogP contribution in [0.15, 0.2) is 286 Å². The second-order valence-electron chi connectivity index (χ2n) is 39.6. The van der Waals surface area contributed by atoms with E-state index in [9.17, 15) is 0 Å². The van der Waals surface area contributed by atoms with Crippen molar-refractivity contribution in [3.05, 3.63) is 356 Å². The normalized spacial score (nSPS) is 15.9. The van der Waals surface area contributed by atoms with Crippen molar-refractivity contribution in [2.24, 2.45) is 0 Å². The number of para-hydroxylation sites is 4. The van der Waals surface area contributed by atoms with Crippen LogP contribution in [0.4, 0.5) is 0 Å². The van der Waals surface area contributed by atoms with E-state index < -0.39 is 0 Å². The minimum Gasteiger partial charge on any atom is -0.456 e. The second-order valence-corrected chi connectivity index (χ2v) is 39.6. The third kappa shape index (κ3) is 10.6. The summed E-state index contributed by atoms with van der Waals surface area (Å²) in [7, 11) is 0. The summed E-state index contributed by atoms with van der Waals surface area (Å²) >= 11 is 0. The van der Waals surface area contributed by atoms with E-state index in [-0.39, 0.29) is 32.5 Å². The molecular weight excluding hydrogens is 1450 g/mol. The van der Waals surface area contributed by atoms with Gasteiger partial charge in [0.25, 0.3) is 0 Å². The van der Waals surface area contributed by atoms with Gasteiger partial charge in [-0.3, -0.25) is 0 Å². The van der Waals surface area contributed by atoms with Gasteiger partial charge in [-0.25, -0.2) is 0 Å². The van der Waals surface area contributed by atoms with Crippen LogP contribution in [-0.2, 0) is 32.5 Å². The Bertz CT molecular complexity index is 7480. The number of furan rings is 3. The fourth-order valence-corrected chi connectivity index (χ4v) is 22.3. The molecular formula is C117H102O3. The Morgan fingerprint density at radius 3 is 0.842 bits per heavy atom. The molecule has 6 aliphatic carbocycles. The lowest BCUT2D eigenvalue weighted by Gasteiger charge is -2.24. The van der Waals surface area contributed by atoms with Crippen LogP contribution in [0.3, 0.4) is 0 Å². The summed E-state index contributed by atoms with van der Waals surface area (Å²) < 4.78 is 18.7. The summed E-state index contributed by atoms with van der Waals surface area (Å²) in [6, 6.07) is 102. The van der Waals surface area contributed by atoms with Crippen LogP contribution in [0.5, 0.6) is 0 Å². The van der Waals surface area contributed by atoms with Crippen LogP contribution >= 0.6 is 0 Å². The molecule has 0 radical (unpaired) electrons. The second kappa shape index (κ2) is 25.6. The molecule has 0 fully saturated rings. The average Bonchev–Trinajstić information content (AvgIpc) is 1.55. The molecule has 24 rings (SSSR count). The molecule has 0 atom stereocenters. The largest absolute Gasteiger partial charge is 0.456 e. The molecule has 0 bridgehead atoms. The Balaban J connectivity index is 0.000000108. The Morgan fingerprint density at radius 1 is 0.175 bits per heavy atom. The SMILES string of the molecule is CC(C)c1ccc2c(c1)C(C)(C)c1cc3c(cc1-2)C(C)(C)c1cc(-c2ccc4c(c2)oc2ccccc24)ccc1-3.CC(C)c1ccc2c(c1)C(C)(C)c1cc3c(cc1-2)C(C)(C)c1cc(-c2ccc4oc5ccccc5c4c2)ccc1-3.CC(C)c1ccc2c(c1)C(C)(C)c1cc3c(cc1-2)C(C)(C)c1cc(-c2cccc4c2oc2ccccc24)ccc1-3. The molecule has 0 saturated heterocycles. The molecule has 0 N–H and O–H groups in total. The first-order chi connectivity index (χ1) is 57.4. The van der Waals surface area contributed by atoms with Gasteiger partial charge in [0.05, 0.1) is 0 Å². The first-order valence-corrected chi connectivity index (χ1v) is 43.6. The molecule has 120 heavy (non-hydrogen) atoms. The van der Waals surface area contributed by atoms with Gasteiger partial charge >= 0.3 is 0 Å². The van der Waals surface area contributed by atoms with E-state index in [1.807, 2.05) is 30.3 Å². The summed E-state index contributed by atoms with van der Waals surface area (Å²) in [5.74, 6) is 1.59. The van der Waals surface area contributed by atoms with Gasteiger partial charge in [0.15, 0.2) is 0 Å². The summed E-state index contributed by atoms with van der Waals surface area (Å²) in [6.45, 7) is 42.4. The van der Waals surface area contributed by atoms with Gasteiger partial charge in [-0.15, -0.1) is 0 Å². The molecule has 0 spiro atoms. The van der Waals surface area contributed by atoms with Crippen molar-refractivity contribution in [2.45, 2.75) is 175 Å². The fourth-order valence-electron chi connectivity index (χ4n) is 22.3. The Hall–Kier alpha value is -12.3. The van der Waals surface area contributed by atoms with Crippen LogP contribution in [0.2, 0.25) is 0 Å². The van der Waals surface area contributed by atoms with Gasteiger partial charge in [-0.2, -0.15) is 0 Å². The van der Waals surface area contributed by atoms with Crippen molar-refractivity contribution in [3.63, 3.8) is 0 Å². The van der Waals surface area contributed by atoms with Crippen molar-refractivity contribution >= 4 is 65.8 Å². The lowest BCUT2D eigenvalue weighted by molar-refractivity contribution is 0.651. The van der Waals surface area contributed by atoms with Gasteiger partial charge in [0.1, 0.15) is 33.5 Å². The summed E-state index contributed by atoms with van der Waals surface area (Å²) in [6.07, 6.45) is 0. The monoisotopic (exact) mass is 1550 g/mol. The minimum atomic E-state index is -0.0950. The standard InChI is InChI=1S/3C39H34O/c1-22(2)23-14-16-26-30-20-35-31(21-34(30)38(3,4)32(26)18-23)27-17-15-24(19-33(27)39(35,5)6)25-11-9-12-29-28-10-7-8-13-36(28)40-37(25)29;1-22(2)23-11-14-26-29-20-35-30(21-34(29)38(3,4)32(26)18-23)27-15-12-25(19-33(27)39(35,5)6)24-13-16-37-31(17-24)28-9-7-8-10-36(28)40-37;1-22(2)23-11-14-26-30-20-35-31(21-34(30)38(3,4)32(26)17-23)27-15-12-24(18-33(27)39(35,5)6)25-13-16-29-28-9-7-8-10-36(28)40-37(29)19-25/h3*7-22H,1-6H3. The highest BCUT2D eigenvalue weighted by Crippen LogP contribution is 2.62. The van der Waals surface area contributed by atoms with E-state index in [4.69, 9.17) is 13.3 Å². The smallest absolute Gasteiger partial charge is 0.143 e. The maximum atomic E-state index is 6.40. The lowest BCUT2D eigenvalue weighted by Crippen LogP contribution is -2.17. The first-order valence-electron chi connectivity index (χ1n) is 43.6. The molecule has 3 aromatic heterocycles. The maximum absolute atomic E-state index is 6.40. The molecule has 18 aromatic rings. The first kappa shape index (κ1) is 74.0. The summed E-state index contributed by atoms with van der Waals surface area (Å²) in [5.41, 5.74) is 50.9. The van der Waals surface area contributed by atoms with E-state index in [0.29, 0.717) is 17.8 Å². The molecule has 3 nitrogen and oxygen atoms in total. The highest BCUT2D eigenvalue weighted by atomic mass is 16.3. The maximum Gasteiger partial charge on any atom is 0.143 e. The predicted octanol–water partition coefficient (Wildman–Crippen LogP) is 33.0. The van der Waals surface area contributed by atoms with Crippen molar-refractivity contribution in [1.29, 1.82) is 0 Å². The van der Waals surface area contributed by atoms with Gasteiger partial charge in [-0.1, -0.05) is 301 Å². The van der Waals surface area contributed by atoms with Crippen LogP contribution in [0.1, 0.15) is 226 Å². The Morgan fingerprint density at radius 2 is 0.442 bits per heavy atom. The average molecular weight is 1560 g/mol. The molecule has 0 aliphatic heterocycles. The van der Waals surface area contributed by atoms with Crippen molar-refractivity contribution < 1.29 is 13.3 Å². The number of fused-ring (bicyclic) bond motifs is 27. The Labute approximate surface area is 705 Å². The number of rotatable bonds is 6. The van der Waals surface area contributed by atoms with Crippen molar-refractivity contribution in [3.8, 4) is 100 Å². The third-order valence-corrected chi connectivity index (χ3v) is 29.6. The molecule has 15 aromatic carbocycles. The fraction of sp³-hybridized carbons (Fsp3) is 0.231. The third-order valence-electron chi connectivity index (χ3n) is 29.6. The van der Waals surface area contributed by atoms with Crippen LogP contribution in [0, 0.1) is 0 Å². The van der Waals surface area contributed by atoms with E-state index in [0.717, 1.165) is 39.1 Å². The summed E-state index contributed by atoms with van der Waals surface area (Å²) in [4.78, 5) is 0.